The SMILES string of the molecule is CCCNCc1cc(N(C)Cc2scnc2C)ncc1Cl. The van der Waals surface area contributed by atoms with Gasteiger partial charge in [-0.05, 0) is 31.5 Å². The first-order chi connectivity index (χ1) is 10.1. The number of aromatic nitrogens is 2. The maximum absolute atomic E-state index is 6.22. The molecule has 0 saturated heterocycles. The van der Waals surface area contributed by atoms with E-state index in [4.69, 9.17) is 11.6 Å². The molecule has 114 valence electrons. The first-order valence-electron chi connectivity index (χ1n) is 7.07. The van der Waals surface area contributed by atoms with E-state index in [2.05, 4.69) is 33.2 Å². The van der Waals surface area contributed by atoms with Crippen molar-refractivity contribution in [2.45, 2.75) is 33.4 Å². The van der Waals surface area contributed by atoms with E-state index in [9.17, 15) is 0 Å². The molecule has 0 aliphatic heterocycles. The van der Waals surface area contributed by atoms with Gasteiger partial charge in [0.15, 0.2) is 0 Å². The number of aryl methyl sites for hydroxylation is 1. The lowest BCUT2D eigenvalue weighted by Gasteiger charge is -2.19. The van der Waals surface area contributed by atoms with Gasteiger partial charge in [-0.25, -0.2) is 9.97 Å². The predicted octanol–water partition coefficient (Wildman–Crippen LogP) is 3.64. The summed E-state index contributed by atoms with van der Waals surface area (Å²) in [5, 5.41) is 4.09. The summed E-state index contributed by atoms with van der Waals surface area (Å²) in [6.45, 7) is 6.76. The number of pyridine rings is 1. The maximum Gasteiger partial charge on any atom is 0.128 e. The van der Waals surface area contributed by atoms with E-state index in [0.29, 0.717) is 5.02 Å². The van der Waals surface area contributed by atoms with Crippen LogP contribution in [0.5, 0.6) is 0 Å². The van der Waals surface area contributed by atoms with Gasteiger partial charge in [-0.3, -0.25) is 0 Å². The maximum atomic E-state index is 6.22. The third-order valence-electron chi connectivity index (χ3n) is 3.28. The molecular formula is C15H21ClN4S. The summed E-state index contributed by atoms with van der Waals surface area (Å²) in [5.41, 5.74) is 4.06. The van der Waals surface area contributed by atoms with Gasteiger partial charge in [-0.15, -0.1) is 11.3 Å². The highest BCUT2D eigenvalue weighted by Gasteiger charge is 2.10. The second-order valence-electron chi connectivity index (χ2n) is 5.03. The topological polar surface area (TPSA) is 41.0 Å². The molecule has 2 rings (SSSR count). The van der Waals surface area contributed by atoms with Crippen LogP contribution in [0.4, 0.5) is 5.82 Å². The molecule has 0 amide bonds. The summed E-state index contributed by atoms with van der Waals surface area (Å²) in [6, 6.07) is 2.06. The number of hydrogen-bond donors (Lipinski definition) is 1. The fraction of sp³-hybridized carbons (Fsp3) is 0.467. The van der Waals surface area contributed by atoms with Crippen LogP contribution in [0.1, 0.15) is 29.5 Å². The van der Waals surface area contributed by atoms with Gasteiger partial charge in [0.25, 0.3) is 0 Å². The number of hydrogen-bond acceptors (Lipinski definition) is 5. The van der Waals surface area contributed by atoms with Gasteiger partial charge in [0.1, 0.15) is 5.82 Å². The van der Waals surface area contributed by atoms with Crippen LogP contribution >= 0.6 is 22.9 Å². The van der Waals surface area contributed by atoms with Crippen molar-refractivity contribution in [2.24, 2.45) is 0 Å². The second-order valence-corrected chi connectivity index (χ2v) is 6.37. The molecule has 0 aromatic carbocycles. The Morgan fingerprint density at radius 2 is 2.19 bits per heavy atom. The average Bonchev–Trinajstić information content (AvgIpc) is 2.86. The first kappa shape index (κ1) is 16.2. The van der Waals surface area contributed by atoms with Crippen molar-refractivity contribution in [1.82, 2.24) is 15.3 Å². The molecule has 6 heteroatoms. The highest BCUT2D eigenvalue weighted by atomic mass is 35.5. The smallest absolute Gasteiger partial charge is 0.128 e. The van der Waals surface area contributed by atoms with Crippen molar-refractivity contribution in [3.05, 3.63) is 38.9 Å². The lowest BCUT2D eigenvalue weighted by molar-refractivity contribution is 0.674. The van der Waals surface area contributed by atoms with Gasteiger partial charge in [0.05, 0.1) is 22.8 Å². The Morgan fingerprint density at radius 3 is 2.86 bits per heavy atom. The summed E-state index contributed by atoms with van der Waals surface area (Å²) in [4.78, 5) is 12.1. The molecule has 21 heavy (non-hydrogen) atoms. The summed E-state index contributed by atoms with van der Waals surface area (Å²) in [7, 11) is 2.04. The van der Waals surface area contributed by atoms with Gasteiger partial charge in [0.2, 0.25) is 0 Å². The largest absolute Gasteiger partial charge is 0.354 e. The first-order valence-corrected chi connectivity index (χ1v) is 8.32. The van der Waals surface area contributed by atoms with Gasteiger partial charge in [-0.1, -0.05) is 18.5 Å². The number of rotatable bonds is 7. The molecule has 0 atom stereocenters. The summed E-state index contributed by atoms with van der Waals surface area (Å²) < 4.78 is 0. The number of nitrogens with zero attached hydrogens (tertiary/aromatic N) is 3. The third kappa shape index (κ3) is 4.40. The molecule has 0 fully saturated rings. The van der Waals surface area contributed by atoms with Crippen LogP contribution in [0, 0.1) is 6.92 Å². The van der Waals surface area contributed by atoms with Gasteiger partial charge in [0, 0.05) is 24.7 Å². The van der Waals surface area contributed by atoms with Crippen molar-refractivity contribution in [2.75, 3.05) is 18.5 Å². The van der Waals surface area contributed by atoms with Crippen molar-refractivity contribution < 1.29 is 0 Å². The molecule has 0 saturated carbocycles. The minimum atomic E-state index is 0.713. The van der Waals surface area contributed by atoms with Gasteiger partial charge in [-0.2, -0.15) is 0 Å². The van der Waals surface area contributed by atoms with Crippen LogP contribution in [0.25, 0.3) is 0 Å². The summed E-state index contributed by atoms with van der Waals surface area (Å²) in [5.74, 6) is 0.931. The number of halogens is 1. The molecule has 1 N–H and O–H groups in total. The Labute approximate surface area is 135 Å². The molecule has 0 bridgehead atoms. The molecule has 2 aromatic rings. The van der Waals surface area contributed by atoms with Crippen molar-refractivity contribution in [1.29, 1.82) is 0 Å². The van der Waals surface area contributed by atoms with Gasteiger partial charge >= 0.3 is 0 Å². The van der Waals surface area contributed by atoms with Crippen LogP contribution in [-0.2, 0) is 13.1 Å². The minimum Gasteiger partial charge on any atom is -0.354 e. The molecule has 4 nitrogen and oxygen atoms in total. The zero-order chi connectivity index (χ0) is 15.2. The average molecular weight is 325 g/mol. The quantitative estimate of drug-likeness (QED) is 0.789. The van der Waals surface area contributed by atoms with Crippen LogP contribution in [0.15, 0.2) is 17.8 Å². The van der Waals surface area contributed by atoms with E-state index < -0.39 is 0 Å². The molecular weight excluding hydrogens is 304 g/mol. The van der Waals surface area contributed by atoms with Gasteiger partial charge < -0.3 is 10.2 Å². The van der Waals surface area contributed by atoms with Crippen molar-refractivity contribution in [3.63, 3.8) is 0 Å². The molecule has 0 aliphatic carbocycles. The Bertz CT molecular complexity index is 585. The lowest BCUT2D eigenvalue weighted by Crippen LogP contribution is -2.19. The fourth-order valence-corrected chi connectivity index (χ4v) is 2.99. The standard InChI is InChI=1S/C15H21ClN4S/c1-4-5-17-7-12-6-15(18-8-13(12)16)20(3)9-14-11(2)19-10-21-14/h6,8,10,17H,4-5,7,9H2,1-3H3. The summed E-state index contributed by atoms with van der Waals surface area (Å²) in [6.07, 6.45) is 2.84. The van der Waals surface area contributed by atoms with Crippen molar-refractivity contribution in [3.8, 4) is 0 Å². The Hall–Kier alpha value is -1.17. The van der Waals surface area contributed by atoms with E-state index in [1.807, 2.05) is 19.5 Å². The Balaban J connectivity index is 2.08. The number of nitrogens with one attached hydrogen (secondary N) is 1. The van der Waals surface area contributed by atoms with Crippen LogP contribution in [-0.4, -0.2) is 23.6 Å². The molecule has 0 aliphatic rings. The van der Waals surface area contributed by atoms with E-state index in [-0.39, 0.29) is 0 Å². The Morgan fingerprint density at radius 1 is 1.38 bits per heavy atom. The normalized spacial score (nSPS) is 10.9. The molecule has 0 spiro atoms. The monoisotopic (exact) mass is 324 g/mol. The fourth-order valence-electron chi connectivity index (χ4n) is 1.99. The lowest BCUT2D eigenvalue weighted by atomic mass is 10.2. The van der Waals surface area contributed by atoms with Crippen LogP contribution in [0.2, 0.25) is 5.02 Å². The highest BCUT2D eigenvalue weighted by molar-refractivity contribution is 7.09. The molecule has 2 heterocycles. The highest BCUT2D eigenvalue weighted by Crippen LogP contribution is 2.22. The Kier molecular flexibility index (Phi) is 5.96. The number of anilines is 1. The third-order valence-corrected chi connectivity index (χ3v) is 4.54. The number of thiazole rings is 1. The van der Waals surface area contributed by atoms with E-state index in [1.54, 1.807) is 17.5 Å². The zero-order valence-corrected chi connectivity index (χ0v) is 14.3. The van der Waals surface area contributed by atoms with E-state index in [1.165, 1.54) is 4.88 Å². The summed E-state index contributed by atoms with van der Waals surface area (Å²) >= 11 is 7.90. The molecule has 2 aromatic heterocycles. The predicted molar refractivity (Wildman–Crippen MR) is 90.2 cm³/mol. The molecule has 0 radical (unpaired) electrons. The molecule has 0 unspecified atom stereocenters. The van der Waals surface area contributed by atoms with E-state index in [0.717, 1.165) is 43.1 Å². The zero-order valence-electron chi connectivity index (χ0n) is 12.7. The van der Waals surface area contributed by atoms with Crippen molar-refractivity contribution >= 4 is 28.8 Å². The minimum absolute atomic E-state index is 0.713. The van der Waals surface area contributed by atoms with E-state index >= 15 is 0 Å². The van der Waals surface area contributed by atoms with Crippen LogP contribution < -0.4 is 10.2 Å². The van der Waals surface area contributed by atoms with Crippen LogP contribution in [0.3, 0.4) is 0 Å². The second kappa shape index (κ2) is 7.73.